The number of nitro groups is 1. The third kappa shape index (κ3) is 3.15. The average Bonchev–Trinajstić information content (AvgIpc) is 2.82. The Balaban J connectivity index is 2.18. The van der Waals surface area contributed by atoms with Crippen molar-refractivity contribution < 1.29 is 23.9 Å². The van der Waals surface area contributed by atoms with Gasteiger partial charge in [-0.1, -0.05) is 0 Å². The molecule has 0 fully saturated rings. The molecule has 1 aromatic rings. The van der Waals surface area contributed by atoms with E-state index in [0.29, 0.717) is 5.75 Å². The molecule has 0 saturated heterocycles. The SMILES string of the molecule is CC(C)OCC(=O)Nc1cc2c(cc1[N+](=O)[O-])OCO2. The molecule has 1 aromatic carbocycles. The fourth-order valence-corrected chi connectivity index (χ4v) is 1.61. The van der Waals surface area contributed by atoms with Crippen LogP contribution in [0, 0.1) is 10.1 Å². The molecule has 8 heteroatoms. The summed E-state index contributed by atoms with van der Waals surface area (Å²) >= 11 is 0. The summed E-state index contributed by atoms with van der Waals surface area (Å²) in [6, 6.07) is 2.59. The van der Waals surface area contributed by atoms with E-state index in [1.807, 2.05) is 0 Å². The molecule has 1 N–H and O–H groups in total. The molecule has 1 heterocycles. The lowest BCUT2D eigenvalue weighted by molar-refractivity contribution is -0.384. The van der Waals surface area contributed by atoms with E-state index in [2.05, 4.69) is 5.32 Å². The third-order valence-corrected chi connectivity index (χ3v) is 2.51. The van der Waals surface area contributed by atoms with Crippen molar-refractivity contribution in [1.82, 2.24) is 0 Å². The molecule has 1 amide bonds. The van der Waals surface area contributed by atoms with Crippen molar-refractivity contribution in [2.24, 2.45) is 0 Å². The smallest absolute Gasteiger partial charge is 0.296 e. The van der Waals surface area contributed by atoms with E-state index in [-0.39, 0.29) is 36.6 Å². The number of rotatable bonds is 5. The van der Waals surface area contributed by atoms with Gasteiger partial charge in [-0.15, -0.1) is 0 Å². The summed E-state index contributed by atoms with van der Waals surface area (Å²) in [5, 5.41) is 13.4. The summed E-state index contributed by atoms with van der Waals surface area (Å²) in [7, 11) is 0. The lowest BCUT2D eigenvalue weighted by atomic mass is 10.2. The fourth-order valence-electron chi connectivity index (χ4n) is 1.61. The maximum atomic E-state index is 11.7. The van der Waals surface area contributed by atoms with Gasteiger partial charge in [-0.25, -0.2) is 0 Å². The number of carbonyl (C=O) groups excluding carboxylic acids is 1. The van der Waals surface area contributed by atoms with Crippen LogP contribution in [0.25, 0.3) is 0 Å². The van der Waals surface area contributed by atoms with Crippen molar-refractivity contribution in [3.8, 4) is 11.5 Å². The highest BCUT2D eigenvalue weighted by Gasteiger charge is 2.24. The Kier molecular flexibility index (Phi) is 4.04. The molecule has 2 rings (SSSR count). The Morgan fingerprint density at radius 3 is 2.70 bits per heavy atom. The first-order valence-corrected chi connectivity index (χ1v) is 5.97. The number of nitrogens with one attached hydrogen (secondary N) is 1. The molecule has 0 aliphatic carbocycles. The number of fused-ring (bicyclic) bond motifs is 1. The number of nitrogens with zero attached hydrogens (tertiary/aromatic N) is 1. The number of hydrogen-bond donors (Lipinski definition) is 1. The second-order valence-electron chi connectivity index (χ2n) is 4.39. The summed E-state index contributed by atoms with van der Waals surface area (Å²) in [4.78, 5) is 22.1. The number of ether oxygens (including phenoxy) is 3. The Morgan fingerprint density at radius 1 is 1.45 bits per heavy atom. The molecule has 20 heavy (non-hydrogen) atoms. The largest absolute Gasteiger partial charge is 0.454 e. The van der Waals surface area contributed by atoms with Crippen LogP contribution in [-0.2, 0) is 9.53 Å². The fraction of sp³-hybridized carbons (Fsp3) is 0.417. The van der Waals surface area contributed by atoms with Crippen LogP contribution in [0.5, 0.6) is 11.5 Å². The van der Waals surface area contributed by atoms with Gasteiger partial charge in [0.05, 0.1) is 17.1 Å². The number of benzene rings is 1. The summed E-state index contributed by atoms with van der Waals surface area (Å²) in [5.74, 6) is 0.171. The number of nitro benzene ring substituents is 1. The molecule has 0 spiro atoms. The van der Waals surface area contributed by atoms with Crippen LogP contribution in [0.2, 0.25) is 0 Å². The topological polar surface area (TPSA) is 99.9 Å². The van der Waals surface area contributed by atoms with Gasteiger partial charge in [-0.3, -0.25) is 14.9 Å². The molecule has 0 atom stereocenters. The summed E-state index contributed by atoms with van der Waals surface area (Å²) in [5.41, 5.74) is -0.205. The van der Waals surface area contributed by atoms with Crippen molar-refractivity contribution in [2.45, 2.75) is 20.0 Å². The molecule has 108 valence electrons. The molecule has 1 aliphatic rings. The van der Waals surface area contributed by atoms with E-state index in [9.17, 15) is 14.9 Å². The van der Waals surface area contributed by atoms with E-state index >= 15 is 0 Å². The summed E-state index contributed by atoms with van der Waals surface area (Å²) in [6.45, 7) is 3.40. The lowest BCUT2D eigenvalue weighted by Gasteiger charge is -2.09. The van der Waals surface area contributed by atoms with Crippen LogP contribution in [0.15, 0.2) is 12.1 Å². The van der Waals surface area contributed by atoms with Gasteiger partial charge >= 0.3 is 0 Å². The van der Waals surface area contributed by atoms with Crippen LogP contribution < -0.4 is 14.8 Å². The summed E-state index contributed by atoms with van der Waals surface area (Å²) in [6.07, 6.45) is -0.104. The molecule has 0 saturated carbocycles. The lowest BCUT2D eigenvalue weighted by Crippen LogP contribution is -2.21. The van der Waals surface area contributed by atoms with Gasteiger partial charge in [0, 0.05) is 6.07 Å². The second kappa shape index (κ2) is 5.74. The molecule has 0 unspecified atom stereocenters. The predicted octanol–water partition coefficient (Wildman–Crippen LogP) is 1.69. The average molecular weight is 282 g/mol. The van der Waals surface area contributed by atoms with Gasteiger partial charge in [0.1, 0.15) is 12.3 Å². The maximum Gasteiger partial charge on any atom is 0.296 e. The van der Waals surface area contributed by atoms with Gasteiger partial charge in [0.15, 0.2) is 11.5 Å². The van der Waals surface area contributed by atoms with Crippen molar-refractivity contribution in [3.63, 3.8) is 0 Å². The first-order chi connectivity index (χ1) is 9.47. The van der Waals surface area contributed by atoms with Crippen LogP contribution in [0.1, 0.15) is 13.8 Å². The number of anilines is 1. The summed E-state index contributed by atoms with van der Waals surface area (Å²) < 4.78 is 15.3. The number of carbonyl (C=O) groups is 1. The Bertz CT molecular complexity index is 543. The van der Waals surface area contributed by atoms with Crippen LogP contribution in [0.4, 0.5) is 11.4 Å². The number of amides is 1. The van der Waals surface area contributed by atoms with Crippen molar-refractivity contribution >= 4 is 17.3 Å². The zero-order valence-corrected chi connectivity index (χ0v) is 11.0. The molecule has 0 radical (unpaired) electrons. The first kappa shape index (κ1) is 14.1. The third-order valence-electron chi connectivity index (χ3n) is 2.51. The molecule has 0 bridgehead atoms. The van der Waals surface area contributed by atoms with E-state index < -0.39 is 10.8 Å². The highest BCUT2D eigenvalue weighted by atomic mass is 16.7. The van der Waals surface area contributed by atoms with Crippen molar-refractivity contribution in [3.05, 3.63) is 22.2 Å². The molecular weight excluding hydrogens is 268 g/mol. The van der Waals surface area contributed by atoms with E-state index in [4.69, 9.17) is 14.2 Å². The minimum atomic E-state index is -0.596. The van der Waals surface area contributed by atoms with E-state index in [1.165, 1.54) is 12.1 Å². The zero-order chi connectivity index (χ0) is 14.7. The van der Waals surface area contributed by atoms with E-state index in [1.54, 1.807) is 13.8 Å². The molecule has 1 aliphatic heterocycles. The van der Waals surface area contributed by atoms with Gasteiger partial charge in [-0.2, -0.15) is 0 Å². The first-order valence-electron chi connectivity index (χ1n) is 5.97. The quantitative estimate of drug-likeness (QED) is 0.651. The normalized spacial score (nSPS) is 12.6. The molecule has 8 nitrogen and oxygen atoms in total. The van der Waals surface area contributed by atoms with Gasteiger partial charge < -0.3 is 19.5 Å². The second-order valence-corrected chi connectivity index (χ2v) is 4.39. The van der Waals surface area contributed by atoms with Crippen LogP contribution >= 0.6 is 0 Å². The van der Waals surface area contributed by atoms with E-state index in [0.717, 1.165) is 0 Å². The Labute approximate surface area is 114 Å². The Hall–Kier alpha value is -2.35. The maximum absolute atomic E-state index is 11.7. The highest BCUT2D eigenvalue weighted by molar-refractivity contribution is 5.94. The highest BCUT2D eigenvalue weighted by Crippen LogP contribution is 2.40. The molecular formula is C12H14N2O6. The van der Waals surface area contributed by atoms with Crippen molar-refractivity contribution in [2.75, 3.05) is 18.7 Å². The van der Waals surface area contributed by atoms with Gasteiger partial charge in [0.2, 0.25) is 6.79 Å². The van der Waals surface area contributed by atoms with Gasteiger partial charge in [0.25, 0.3) is 11.6 Å². The molecule has 0 aromatic heterocycles. The Morgan fingerprint density at radius 2 is 2.10 bits per heavy atom. The van der Waals surface area contributed by atoms with Gasteiger partial charge in [-0.05, 0) is 13.8 Å². The van der Waals surface area contributed by atoms with Crippen LogP contribution in [0.3, 0.4) is 0 Å². The monoisotopic (exact) mass is 282 g/mol. The number of hydrogen-bond acceptors (Lipinski definition) is 6. The van der Waals surface area contributed by atoms with Crippen LogP contribution in [-0.4, -0.2) is 30.3 Å². The standard InChI is InChI=1S/C12H14N2O6/c1-7(2)18-5-12(15)13-8-3-10-11(20-6-19-10)4-9(8)14(16)17/h3-4,7H,5-6H2,1-2H3,(H,13,15). The predicted molar refractivity (Wildman–Crippen MR) is 68.9 cm³/mol. The van der Waals surface area contributed by atoms with Crippen molar-refractivity contribution in [1.29, 1.82) is 0 Å². The zero-order valence-electron chi connectivity index (χ0n) is 11.0. The minimum absolute atomic E-state index is 0.000345. The minimum Gasteiger partial charge on any atom is -0.454 e.